The molecule has 1 heterocycles. The maximum absolute atomic E-state index is 11.8. The van der Waals surface area contributed by atoms with Gasteiger partial charge < -0.3 is 34.3 Å². The largest absolute Gasteiger partial charge is 0.494 e. The first kappa shape index (κ1) is 24.6. The average molecular weight is 465 g/mol. The predicted octanol–water partition coefficient (Wildman–Crippen LogP) is 2.66. The molecule has 0 amide bonds. The molecule has 0 radical (unpaired) electrons. The van der Waals surface area contributed by atoms with E-state index in [0.29, 0.717) is 29.9 Å². The molecule has 0 aliphatic carbocycles. The van der Waals surface area contributed by atoms with Gasteiger partial charge in [0.1, 0.15) is 12.0 Å². The normalized spacial score (nSPS) is 25.5. The van der Waals surface area contributed by atoms with Gasteiger partial charge in [-0.1, -0.05) is 35.9 Å². The number of aldehydes is 1. The van der Waals surface area contributed by atoms with Gasteiger partial charge >= 0.3 is 0 Å². The molecule has 4 atom stereocenters. The van der Waals surface area contributed by atoms with E-state index in [1.54, 1.807) is 12.1 Å². The molecule has 4 unspecified atom stereocenters. The van der Waals surface area contributed by atoms with E-state index in [1.165, 1.54) is 0 Å². The van der Waals surface area contributed by atoms with Gasteiger partial charge in [0.15, 0.2) is 5.79 Å². The second kappa shape index (κ2) is 11.2. The minimum absolute atomic E-state index is 0.0740. The Morgan fingerprint density at radius 3 is 2.59 bits per heavy atom. The van der Waals surface area contributed by atoms with Crippen LogP contribution in [0.5, 0.6) is 5.75 Å². The summed E-state index contributed by atoms with van der Waals surface area (Å²) < 4.78 is 17.0. The van der Waals surface area contributed by atoms with Crippen molar-refractivity contribution >= 4 is 17.9 Å². The minimum Gasteiger partial charge on any atom is -0.494 e. The highest BCUT2D eigenvalue weighted by atomic mass is 35.5. The summed E-state index contributed by atoms with van der Waals surface area (Å²) in [7, 11) is 0. The highest BCUT2D eigenvalue weighted by Gasteiger charge is 2.48. The molecule has 0 bridgehead atoms. The van der Waals surface area contributed by atoms with Crippen molar-refractivity contribution in [1.29, 1.82) is 0 Å². The molecule has 32 heavy (non-hydrogen) atoms. The molecule has 1 fully saturated rings. The predicted molar refractivity (Wildman–Crippen MR) is 119 cm³/mol. The highest BCUT2D eigenvalue weighted by molar-refractivity contribution is 6.31. The number of carbonyl (C=O) groups excluding carboxylic acids is 1. The van der Waals surface area contributed by atoms with E-state index in [1.807, 2.05) is 37.3 Å². The van der Waals surface area contributed by atoms with Gasteiger partial charge in [-0.05, 0) is 48.2 Å². The van der Waals surface area contributed by atoms with Gasteiger partial charge in [0.2, 0.25) is 0 Å². The summed E-state index contributed by atoms with van der Waals surface area (Å²) in [5, 5.41) is 30.2. The van der Waals surface area contributed by atoms with Crippen molar-refractivity contribution < 1.29 is 34.3 Å². The first-order chi connectivity index (χ1) is 15.4. The number of benzene rings is 2. The van der Waals surface area contributed by atoms with E-state index in [9.17, 15) is 15.0 Å². The topological polar surface area (TPSA) is 105 Å². The standard InChI is InChI=1S/C24H29ClO7/c1-2-30-19-6-3-16(4-7-19)11-18-12-17(5-8-21(18)25)23-20(14-27)22(29)13-24(15-28,32-23)31-10-9-26/h3-8,12,14,20,22-23,26,28-29H,2,9-11,13,15H2,1H3. The van der Waals surface area contributed by atoms with Crippen LogP contribution in [-0.2, 0) is 20.7 Å². The molecule has 8 heteroatoms. The zero-order chi connectivity index (χ0) is 23.1. The average Bonchev–Trinajstić information content (AvgIpc) is 2.80. The Morgan fingerprint density at radius 1 is 1.22 bits per heavy atom. The third-order valence-corrected chi connectivity index (χ3v) is 5.91. The smallest absolute Gasteiger partial charge is 0.194 e. The molecule has 1 saturated heterocycles. The van der Waals surface area contributed by atoms with E-state index in [4.69, 9.17) is 30.9 Å². The molecule has 174 valence electrons. The molecule has 1 aliphatic rings. The zero-order valence-electron chi connectivity index (χ0n) is 17.9. The second-order valence-corrected chi connectivity index (χ2v) is 8.18. The van der Waals surface area contributed by atoms with Gasteiger partial charge in [-0.2, -0.15) is 0 Å². The summed E-state index contributed by atoms with van der Waals surface area (Å²) in [5.41, 5.74) is 2.49. The number of carbonyl (C=O) groups is 1. The maximum Gasteiger partial charge on any atom is 0.194 e. The summed E-state index contributed by atoms with van der Waals surface area (Å²) in [6, 6.07) is 13.0. The Bertz CT molecular complexity index is 888. The van der Waals surface area contributed by atoms with Crippen LogP contribution in [0.25, 0.3) is 0 Å². The summed E-state index contributed by atoms with van der Waals surface area (Å²) in [6.07, 6.45) is -0.813. The number of aliphatic hydroxyl groups excluding tert-OH is 3. The van der Waals surface area contributed by atoms with E-state index in [2.05, 4.69) is 0 Å². The summed E-state index contributed by atoms with van der Waals surface area (Å²) in [5.74, 6) is -1.56. The minimum atomic E-state index is -1.51. The maximum atomic E-state index is 11.8. The Kier molecular flexibility index (Phi) is 8.64. The molecule has 3 N–H and O–H groups in total. The van der Waals surface area contributed by atoms with Crippen molar-refractivity contribution in [2.45, 2.75) is 37.8 Å². The van der Waals surface area contributed by atoms with Gasteiger partial charge in [-0.3, -0.25) is 0 Å². The number of rotatable bonds is 10. The van der Waals surface area contributed by atoms with Gasteiger partial charge in [0, 0.05) is 11.4 Å². The zero-order valence-corrected chi connectivity index (χ0v) is 18.7. The summed E-state index contributed by atoms with van der Waals surface area (Å²) >= 11 is 6.44. The molecule has 2 aromatic carbocycles. The van der Waals surface area contributed by atoms with Crippen LogP contribution in [-0.4, -0.2) is 59.9 Å². The van der Waals surface area contributed by atoms with Gasteiger partial charge in [-0.25, -0.2) is 0 Å². The van der Waals surface area contributed by atoms with E-state index >= 15 is 0 Å². The molecule has 0 spiro atoms. The van der Waals surface area contributed by atoms with Crippen LogP contribution in [0.3, 0.4) is 0 Å². The quantitative estimate of drug-likeness (QED) is 0.464. The van der Waals surface area contributed by atoms with Crippen LogP contribution in [0.15, 0.2) is 42.5 Å². The van der Waals surface area contributed by atoms with Crippen molar-refractivity contribution in [2.24, 2.45) is 5.92 Å². The molecule has 0 saturated carbocycles. The number of ether oxygens (including phenoxy) is 3. The lowest BCUT2D eigenvalue weighted by molar-refractivity contribution is -0.321. The molecule has 2 aromatic rings. The number of hydrogen-bond acceptors (Lipinski definition) is 7. The van der Waals surface area contributed by atoms with Gasteiger partial charge in [-0.15, -0.1) is 0 Å². The summed E-state index contributed by atoms with van der Waals surface area (Å²) in [6.45, 7) is 1.65. The number of hydrogen-bond donors (Lipinski definition) is 3. The number of aliphatic hydroxyl groups is 3. The van der Waals surface area contributed by atoms with Gasteiger partial charge in [0.05, 0.1) is 44.6 Å². The van der Waals surface area contributed by atoms with Gasteiger partial charge in [0.25, 0.3) is 0 Å². The fraction of sp³-hybridized carbons (Fsp3) is 0.458. The summed E-state index contributed by atoms with van der Waals surface area (Å²) in [4.78, 5) is 11.8. The van der Waals surface area contributed by atoms with Crippen molar-refractivity contribution in [1.82, 2.24) is 0 Å². The van der Waals surface area contributed by atoms with E-state index < -0.39 is 30.5 Å². The monoisotopic (exact) mass is 464 g/mol. The molecule has 7 nitrogen and oxygen atoms in total. The van der Waals surface area contributed by atoms with Crippen LogP contribution < -0.4 is 4.74 Å². The Morgan fingerprint density at radius 2 is 1.97 bits per heavy atom. The van der Waals surface area contributed by atoms with Crippen molar-refractivity contribution in [3.05, 3.63) is 64.2 Å². The van der Waals surface area contributed by atoms with Crippen molar-refractivity contribution in [3.63, 3.8) is 0 Å². The van der Waals surface area contributed by atoms with E-state index in [0.717, 1.165) is 16.9 Å². The molecule has 1 aliphatic heterocycles. The van der Waals surface area contributed by atoms with E-state index in [-0.39, 0.29) is 19.6 Å². The Hall–Kier alpha value is -2.00. The Balaban J connectivity index is 1.88. The molecular weight excluding hydrogens is 436 g/mol. The lowest BCUT2D eigenvalue weighted by Crippen LogP contribution is -2.52. The second-order valence-electron chi connectivity index (χ2n) is 7.77. The van der Waals surface area contributed by atoms with Crippen LogP contribution in [0.1, 0.15) is 36.1 Å². The van der Waals surface area contributed by atoms with Crippen LogP contribution in [0.4, 0.5) is 0 Å². The van der Waals surface area contributed by atoms with Crippen molar-refractivity contribution in [3.8, 4) is 5.75 Å². The fourth-order valence-electron chi connectivity index (χ4n) is 3.94. The lowest BCUT2D eigenvalue weighted by Gasteiger charge is -2.44. The first-order valence-electron chi connectivity index (χ1n) is 10.6. The third kappa shape index (κ3) is 5.67. The fourth-order valence-corrected chi connectivity index (χ4v) is 4.12. The number of halogens is 1. The molecular formula is C24H29ClO7. The SMILES string of the molecule is CCOc1ccc(Cc2cc(C3OC(CO)(OCCO)CC(O)C3C=O)ccc2Cl)cc1. The van der Waals surface area contributed by atoms with Crippen LogP contribution in [0.2, 0.25) is 5.02 Å². The van der Waals surface area contributed by atoms with Crippen molar-refractivity contribution in [2.75, 3.05) is 26.4 Å². The molecule has 0 aromatic heterocycles. The first-order valence-corrected chi connectivity index (χ1v) is 11.0. The third-order valence-electron chi connectivity index (χ3n) is 5.54. The lowest BCUT2D eigenvalue weighted by atomic mass is 9.84. The highest BCUT2D eigenvalue weighted by Crippen LogP contribution is 2.42. The molecule has 3 rings (SSSR count). The Labute approximate surface area is 192 Å². The van der Waals surface area contributed by atoms with Crippen LogP contribution >= 0.6 is 11.6 Å². The van der Waals surface area contributed by atoms with Crippen LogP contribution in [0, 0.1) is 5.92 Å².